The van der Waals surface area contributed by atoms with Crippen molar-refractivity contribution in [1.29, 1.82) is 0 Å². The zero-order valence-corrected chi connectivity index (χ0v) is 10.8. The molecule has 0 atom stereocenters. The van der Waals surface area contributed by atoms with E-state index in [1.807, 2.05) is 0 Å². The smallest absolute Gasteiger partial charge is 0.0149 e. The third kappa shape index (κ3) is 1.86. The van der Waals surface area contributed by atoms with E-state index in [0.717, 1.165) is 0 Å². The minimum Gasteiger partial charge on any atom is -0.0614 e. The van der Waals surface area contributed by atoms with E-state index in [4.69, 9.17) is 0 Å². The first-order valence-corrected chi connectivity index (χ1v) is 6.80. The summed E-state index contributed by atoms with van der Waals surface area (Å²) in [5.74, 6) is 0.609. The van der Waals surface area contributed by atoms with E-state index in [-0.39, 0.29) is 0 Å². The highest BCUT2D eigenvalue weighted by molar-refractivity contribution is 5.74. The van der Waals surface area contributed by atoms with Crippen molar-refractivity contribution in [3.05, 3.63) is 47.0 Å². The molecule has 17 heavy (non-hydrogen) atoms. The van der Waals surface area contributed by atoms with E-state index in [1.165, 1.54) is 42.4 Å². The van der Waals surface area contributed by atoms with E-state index in [9.17, 15) is 0 Å². The molecule has 3 rings (SSSR count). The lowest BCUT2D eigenvalue weighted by Crippen LogP contribution is -1.98. The second kappa shape index (κ2) is 4.18. The highest BCUT2D eigenvalue weighted by atomic mass is 14.2. The Balaban J connectivity index is 2.17. The molecule has 0 spiro atoms. The summed E-state index contributed by atoms with van der Waals surface area (Å²) in [7, 11) is 0. The maximum Gasteiger partial charge on any atom is -0.0149 e. The van der Waals surface area contributed by atoms with Crippen LogP contribution in [0.2, 0.25) is 0 Å². The van der Waals surface area contributed by atoms with Gasteiger partial charge in [0, 0.05) is 0 Å². The Bertz CT molecular complexity index is 508. The number of aryl methyl sites for hydroxylation is 1. The largest absolute Gasteiger partial charge is 0.0614 e. The van der Waals surface area contributed by atoms with Crippen LogP contribution >= 0.6 is 0 Å². The molecule has 0 amide bonds. The second-order valence-electron chi connectivity index (χ2n) is 5.55. The van der Waals surface area contributed by atoms with Gasteiger partial charge in [0.1, 0.15) is 0 Å². The van der Waals surface area contributed by atoms with Crippen molar-refractivity contribution < 1.29 is 0 Å². The molecule has 0 heteroatoms. The fraction of sp³-hybridized carbons (Fsp3) is 0.412. The molecule has 0 N–H and O–H groups in total. The maximum atomic E-state index is 2.43. The molecule has 0 saturated carbocycles. The molecule has 0 aliphatic heterocycles. The van der Waals surface area contributed by atoms with Gasteiger partial charge in [-0.3, -0.25) is 0 Å². The van der Waals surface area contributed by atoms with Crippen molar-refractivity contribution in [2.45, 2.75) is 45.4 Å². The Morgan fingerprint density at radius 3 is 2.65 bits per heavy atom. The average molecular weight is 224 g/mol. The standard InChI is InChI=1S/C17H20/c1-12(2)13-7-5-9-17-15(10-13)11-14-6-3-4-8-16(14)17/h5,7,9-12H,3-4,6,8H2,1-2H3. The Hall–Kier alpha value is -1.30. The summed E-state index contributed by atoms with van der Waals surface area (Å²) in [4.78, 5) is 0. The molecular weight excluding hydrogens is 204 g/mol. The van der Waals surface area contributed by atoms with Crippen LogP contribution in [0.15, 0.2) is 30.3 Å². The molecule has 0 saturated heterocycles. The van der Waals surface area contributed by atoms with Gasteiger partial charge in [-0.25, -0.2) is 0 Å². The normalized spacial score (nSPS) is 15.2. The van der Waals surface area contributed by atoms with Crippen molar-refractivity contribution >= 4 is 0 Å². The second-order valence-corrected chi connectivity index (χ2v) is 5.55. The Labute approximate surface area is 104 Å². The van der Waals surface area contributed by atoms with Crippen LogP contribution in [0.4, 0.5) is 0 Å². The fourth-order valence-corrected chi connectivity index (χ4v) is 2.99. The molecule has 0 nitrogen and oxygen atoms in total. The molecule has 0 aromatic rings. The zero-order valence-electron chi connectivity index (χ0n) is 10.8. The van der Waals surface area contributed by atoms with E-state index >= 15 is 0 Å². The van der Waals surface area contributed by atoms with Crippen LogP contribution in [0.1, 0.15) is 49.3 Å². The van der Waals surface area contributed by atoms with Crippen LogP contribution in [-0.4, -0.2) is 0 Å². The number of fused-ring (bicyclic) bond motifs is 3. The minimum absolute atomic E-state index is 0.609. The summed E-state index contributed by atoms with van der Waals surface area (Å²) in [5, 5.41) is 0. The van der Waals surface area contributed by atoms with Gasteiger partial charge in [-0.05, 0) is 59.4 Å². The summed E-state index contributed by atoms with van der Waals surface area (Å²) in [6.45, 7) is 4.54. The Kier molecular flexibility index (Phi) is 2.66. The van der Waals surface area contributed by atoms with Crippen LogP contribution < -0.4 is 0 Å². The highest BCUT2D eigenvalue weighted by Gasteiger charge is 2.18. The van der Waals surface area contributed by atoms with Gasteiger partial charge in [-0.2, -0.15) is 0 Å². The van der Waals surface area contributed by atoms with Crippen molar-refractivity contribution in [2.75, 3.05) is 0 Å². The summed E-state index contributed by atoms with van der Waals surface area (Å²) in [6.07, 6.45) is 5.29. The van der Waals surface area contributed by atoms with Gasteiger partial charge in [0.2, 0.25) is 0 Å². The zero-order chi connectivity index (χ0) is 11.8. The topological polar surface area (TPSA) is 0 Å². The van der Waals surface area contributed by atoms with Crippen molar-refractivity contribution in [3.8, 4) is 11.1 Å². The first-order chi connectivity index (χ1) is 8.25. The van der Waals surface area contributed by atoms with Crippen molar-refractivity contribution in [3.63, 3.8) is 0 Å². The minimum atomic E-state index is 0.609. The van der Waals surface area contributed by atoms with Gasteiger partial charge in [0.05, 0.1) is 0 Å². The van der Waals surface area contributed by atoms with Gasteiger partial charge < -0.3 is 0 Å². The predicted molar refractivity (Wildman–Crippen MR) is 73.8 cm³/mol. The average Bonchev–Trinajstić information content (AvgIpc) is 2.53. The first kappa shape index (κ1) is 10.8. The predicted octanol–water partition coefficient (Wildman–Crippen LogP) is 4.79. The highest BCUT2D eigenvalue weighted by Crippen LogP contribution is 2.36. The molecule has 0 heterocycles. The molecule has 0 fully saturated rings. The summed E-state index contributed by atoms with van der Waals surface area (Å²) >= 11 is 0. The van der Waals surface area contributed by atoms with Crippen molar-refractivity contribution in [1.82, 2.24) is 0 Å². The summed E-state index contributed by atoms with van der Waals surface area (Å²) < 4.78 is 0. The van der Waals surface area contributed by atoms with Crippen LogP contribution in [0.5, 0.6) is 0 Å². The molecule has 0 aromatic carbocycles. The fourth-order valence-electron chi connectivity index (χ4n) is 2.99. The first-order valence-electron chi connectivity index (χ1n) is 6.80. The maximum absolute atomic E-state index is 2.43. The van der Waals surface area contributed by atoms with Crippen LogP contribution in [0.25, 0.3) is 11.1 Å². The SMILES string of the molecule is CC(C)c1cccc2c3c(cc-2c1)CCCC3. The molecule has 0 unspecified atom stereocenters. The molecule has 0 radical (unpaired) electrons. The number of rotatable bonds is 1. The molecule has 88 valence electrons. The van der Waals surface area contributed by atoms with E-state index < -0.39 is 0 Å². The number of hydrogen-bond acceptors (Lipinski definition) is 0. The number of hydrogen-bond donors (Lipinski definition) is 0. The quantitative estimate of drug-likeness (QED) is 0.653. The summed E-state index contributed by atoms with van der Waals surface area (Å²) in [6, 6.07) is 11.6. The lowest BCUT2D eigenvalue weighted by atomic mass is 9.94. The third-order valence-electron chi connectivity index (χ3n) is 4.02. The monoisotopic (exact) mass is 224 g/mol. The van der Waals surface area contributed by atoms with E-state index in [1.54, 1.807) is 11.1 Å². The van der Waals surface area contributed by atoms with Gasteiger partial charge in [-0.1, -0.05) is 44.2 Å². The lowest BCUT2D eigenvalue weighted by Gasteiger charge is -2.11. The lowest BCUT2D eigenvalue weighted by molar-refractivity contribution is 0.691. The van der Waals surface area contributed by atoms with Gasteiger partial charge >= 0.3 is 0 Å². The molecule has 3 aliphatic carbocycles. The Morgan fingerprint density at radius 2 is 1.82 bits per heavy atom. The van der Waals surface area contributed by atoms with Gasteiger partial charge in [-0.15, -0.1) is 0 Å². The van der Waals surface area contributed by atoms with E-state index in [0.29, 0.717) is 5.92 Å². The molecule has 0 bridgehead atoms. The Morgan fingerprint density at radius 1 is 1.00 bits per heavy atom. The van der Waals surface area contributed by atoms with Crippen LogP contribution in [0, 0.1) is 0 Å². The van der Waals surface area contributed by atoms with Gasteiger partial charge in [0.25, 0.3) is 0 Å². The summed E-state index contributed by atoms with van der Waals surface area (Å²) in [5.41, 5.74) is 7.61. The van der Waals surface area contributed by atoms with Crippen LogP contribution in [-0.2, 0) is 12.8 Å². The van der Waals surface area contributed by atoms with E-state index in [2.05, 4.69) is 44.2 Å². The van der Waals surface area contributed by atoms with Crippen LogP contribution in [0.3, 0.4) is 0 Å². The molecule has 3 aliphatic rings. The van der Waals surface area contributed by atoms with Crippen molar-refractivity contribution in [2.24, 2.45) is 0 Å². The van der Waals surface area contributed by atoms with Gasteiger partial charge in [0.15, 0.2) is 0 Å². The third-order valence-corrected chi connectivity index (χ3v) is 4.02. The molecular formula is C17H20. The molecule has 0 aromatic heterocycles.